The zero-order valence-electron chi connectivity index (χ0n) is 8.41. The predicted octanol–water partition coefficient (Wildman–Crippen LogP) is 2.21. The number of hydrogen-bond donors (Lipinski definition) is 0. The van der Waals surface area contributed by atoms with Crippen LogP contribution in [0.4, 0.5) is 0 Å². The van der Waals surface area contributed by atoms with Gasteiger partial charge in [-0.15, -0.1) is 0 Å². The lowest BCUT2D eigenvalue weighted by Gasteiger charge is -2.16. The summed E-state index contributed by atoms with van der Waals surface area (Å²) in [5.41, 5.74) is 2.17. The van der Waals surface area contributed by atoms with Crippen molar-refractivity contribution in [1.82, 2.24) is 4.90 Å². The van der Waals surface area contributed by atoms with Crippen LogP contribution in [0.5, 0.6) is 0 Å². The van der Waals surface area contributed by atoms with Crippen molar-refractivity contribution >= 4 is 0 Å². The summed E-state index contributed by atoms with van der Waals surface area (Å²) < 4.78 is 0. The molecule has 0 N–H and O–H groups in total. The second-order valence-corrected chi connectivity index (χ2v) is 3.90. The molecule has 1 aromatic rings. The normalized spacial score (nSPS) is 17.5. The second-order valence-electron chi connectivity index (χ2n) is 3.90. The molecule has 0 bridgehead atoms. The summed E-state index contributed by atoms with van der Waals surface area (Å²) in [6.45, 7) is 3.24. The molecule has 1 aliphatic heterocycles. The average Bonchev–Trinajstić information content (AvgIpc) is 2.71. The maximum Gasteiger partial charge on any atom is 0.108 e. The molecule has 0 unspecified atom stereocenters. The van der Waals surface area contributed by atoms with Crippen molar-refractivity contribution in [1.29, 1.82) is 0 Å². The molecule has 2 heteroatoms. The van der Waals surface area contributed by atoms with E-state index in [4.69, 9.17) is 0 Å². The molecule has 0 spiro atoms. The second kappa shape index (κ2) is 4.58. The molecular formula is C12H16NO. The largest absolute Gasteiger partial charge is 0.299 e. The van der Waals surface area contributed by atoms with Gasteiger partial charge in [-0.3, -0.25) is 4.90 Å². The number of hydrogen-bond acceptors (Lipinski definition) is 1. The molecule has 1 fully saturated rings. The van der Waals surface area contributed by atoms with Crippen molar-refractivity contribution in [2.75, 3.05) is 13.1 Å². The first kappa shape index (κ1) is 9.69. The van der Waals surface area contributed by atoms with E-state index in [9.17, 15) is 5.11 Å². The highest BCUT2D eigenvalue weighted by Crippen LogP contribution is 2.15. The smallest absolute Gasteiger partial charge is 0.108 e. The SMILES string of the molecule is [O]Cc1ccccc1CN1CCCC1. The molecule has 1 saturated heterocycles. The zero-order chi connectivity index (χ0) is 9.80. The van der Waals surface area contributed by atoms with Gasteiger partial charge in [0.05, 0.1) is 0 Å². The summed E-state index contributed by atoms with van der Waals surface area (Å²) in [6, 6.07) is 7.98. The fourth-order valence-corrected chi connectivity index (χ4v) is 2.03. The van der Waals surface area contributed by atoms with Crippen LogP contribution in [0.15, 0.2) is 24.3 Å². The highest BCUT2D eigenvalue weighted by Gasteiger charge is 2.12. The van der Waals surface area contributed by atoms with E-state index in [1.54, 1.807) is 0 Å². The summed E-state index contributed by atoms with van der Waals surface area (Å²) in [4.78, 5) is 2.43. The Morgan fingerprint density at radius 1 is 1.07 bits per heavy atom. The van der Waals surface area contributed by atoms with E-state index in [1.165, 1.54) is 31.5 Å². The first-order valence-electron chi connectivity index (χ1n) is 5.27. The highest BCUT2D eigenvalue weighted by molar-refractivity contribution is 5.26. The predicted molar refractivity (Wildman–Crippen MR) is 55.3 cm³/mol. The van der Waals surface area contributed by atoms with Crippen LogP contribution in [0.2, 0.25) is 0 Å². The Hall–Kier alpha value is -0.860. The van der Waals surface area contributed by atoms with E-state index >= 15 is 0 Å². The molecule has 1 aromatic carbocycles. The molecule has 2 rings (SSSR count). The van der Waals surface area contributed by atoms with Gasteiger partial charge in [0, 0.05) is 6.54 Å². The van der Waals surface area contributed by atoms with E-state index < -0.39 is 0 Å². The summed E-state index contributed by atoms with van der Waals surface area (Å²) in [6.07, 6.45) is 2.61. The van der Waals surface area contributed by atoms with Crippen LogP contribution in [0.25, 0.3) is 0 Å². The van der Waals surface area contributed by atoms with Gasteiger partial charge < -0.3 is 0 Å². The van der Waals surface area contributed by atoms with Gasteiger partial charge in [-0.2, -0.15) is 0 Å². The van der Waals surface area contributed by atoms with Crippen molar-refractivity contribution < 1.29 is 5.11 Å². The molecule has 0 aliphatic carbocycles. The van der Waals surface area contributed by atoms with Crippen molar-refractivity contribution in [3.63, 3.8) is 0 Å². The van der Waals surface area contributed by atoms with Crippen LogP contribution in [0.3, 0.4) is 0 Å². The quantitative estimate of drug-likeness (QED) is 0.716. The number of nitrogens with zero attached hydrogens (tertiary/aromatic N) is 1. The third-order valence-corrected chi connectivity index (χ3v) is 2.87. The minimum Gasteiger partial charge on any atom is -0.299 e. The monoisotopic (exact) mass is 190 g/mol. The standard InChI is InChI=1S/C12H16NO/c14-10-12-6-2-1-5-11(12)9-13-7-3-4-8-13/h1-2,5-6H,3-4,7-10H2. The van der Waals surface area contributed by atoms with E-state index in [1.807, 2.05) is 18.2 Å². The Balaban J connectivity index is 2.07. The first-order chi connectivity index (χ1) is 6.90. The zero-order valence-corrected chi connectivity index (χ0v) is 8.41. The molecule has 2 nitrogen and oxygen atoms in total. The first-order valence-corrected chi connectivity index (χ1v) is 5.27. The number of benzene rings is 1. The number of likely N-dealkylation sites (tertiary alicyclic amines) is 1. The summed E-state index contributed by atoms with van der Waals surface area (Å²) in [5.74, 6) is 0. The highest BCUT2D eigenvalue weighted by atomic mass is 16.3. The lowest BCUT2D eigenvalue weighted by Crippen LogP contribution is -2.19. The van der Waals surface area contributed by atoms with Crippen LogP contribution in [0.1, 0.15) is 24.0 Å². The van der Waals surface area contributed by atoms with Crippen molar-refractivity contribution in [3.05, 3.63) is 35.4 Å². The molecule has 0 atom stereocenters. The molecular weight excluding hydrogens is 174 g/mol. The van der Waals surface area contributed by atoms with Gasteiger partial charge >= 0.3 is 0 Å². The third kappa shape index (κ3) is 2.14. The maximum atomic E-state index is 10.9. The van der Waals surface area contributed by atoms with E-state index in [0.717, 1.165) is 12.1 Å². The Kier molecular flexibility index (Phi) is 3.17. The van der Waals surface area contributed by atoms with Crippen LogP contribution in [-0.2, 0) is 18.3 Å². The molecule has 0 aromatic heterocycles. The van der Waals surface area contributed by atoms with Gasteiger partial charge in [-0.05, 0) is 37.1 Å². The molecule has 14 heavy (non-hydrogen) atoms. The molecule has 0 saturated carbocycles. The summed E-state index contributed by atoms with van der Waals surface area (Å²) in [7, 11) is 0. The van der Waals surface area contributed by atoms with Crippen molar-refractivity contribution in [3.8, 4) is 0 Å². The Bertz CT molecular complexity index is 292. The maximum absolute atomic E-state index is 10.9. The van der Waals surface area contributed by atoms with Gasteiger partial charge in [0.2, 0.25) is 0 Å². The third-order valence-electron chi connectivity index (χ3n) is 2.87. The van der Waals surface area contributed by atoms with E-state index in [2.05, 4.69) is 11.0 Å². The van der Waals surface area contributed by atoms with E-state index in [0.29, 0.717) is 0 Å². The van der Waals surface area contributed by atoms with Crippen LogP contribution >= 0.6 is 0 Å². The van der Waals surface area contributed by atoms with Gasteiger partial charge in [0.1, 0.15) is 6.61 Å². The Morgan fingerprint density at radius 3 is 2.36 bits per heavy atom. The minimum absolute atomic E-state index is 0.0932. The van der Waals surface area contributed by atoms with Crippen LogP contribution in [-0.4, -0.2) is 18.0 Å². The lowest BCUT2D eigenvalue weighted by atomic mass is 10.1. The molecule has 1 radical (unpaired) electrons. The fraction of sp³-hybridized carbons (Fsp3) is 0.500. The van der Waals surface area contributed by atoms with Crippen LogP contribution < -0.4 is 0 Å². The molecule has 1 aliphatic rings. The topological polar surface area (TPSA) is 23.1 Å². The average molecular weight is 190 g/mol. The summed E-state index contributed by atoms with van der Waals surface area (Å²) in [5, 5.41) is 10.9. The van der Waals surface area contributed by atoms with Crippen molar-refractivity contribution in [2.45, 2.75) is 26.0 Å². The molecule has 75 valence electrons. The van der Waals surface area contributed by atoms with E-state index in [-0.39, 0.29) is 6.61 Å². The molecule has 0 amide bonds. The van der Waals surface area contributed by atoms with Gasteiger partial charge in [-0.25, -0.2) is 5.11 Å². The Morgan fingerprint density at radius 2 is 1.71 bits per heavy atom. The summed E-state index contributed by atoms with van der Waals surface area (Å²) >= 11 is 0. The van der Waals surface area contributed by atoms with Gasteiger partial charge in [0.25, 0.3) is 0 Å². The van der Waals surface area contributed by atoms with Crippen molar-refractivity contribution in [2.24, 2.45) is 0 Å². The van der Waals surface area contributed by atoms with Crippen LogP contribution in [0, 0.1) is 0 Å². The minimum atomic E-state index is -0.0932. The lowest BCUT2D eigenvalue weighted by molar-refractivity contribution is 0.175. The Labute approximate surface area is 85.2 Å². The van der Waals surface area contributed by atoms with Gasteiger partial charge in [-0.1, -0.05) is 24.3 Å². The van der Waals surface area contributed by atoms with Gasteiger partial charge in [0.15, 0.2) is 0 Å². The molecule has 1 heterocycles. The fourth-order valence-electron chi connectivity index (χ4n) is 2.03. The number of rotatable bonds is 3.